The maximum Gasteiger partial charge on any atom is 0.242 e. The summed E-state index contributed by atoms with van der Waals surface area (Å²) in [5.74, 6) is 0.609. The fourth-order valence-corrected chi connectivity index (χ4v) is 3.52. The number of nitrogens with zero attached hydrogens (tertiary/aromatic N) is 1. The van der Waals surface area contributed by atoms with Crippen molar-refractivity contribution in [2.75, 3.05) is 6.61 Å². The number of nitrogens with one attached hydrogen (secondary N) is 1. The Hall–Kier alpha value is -2.34. The van der Waals surface area contributed by atoms with Crippen LogP contribution in [0.1, 0.15) is 51.2 Å². The van der Waals surface area contributed by atoms with E-state index in [-0.39, 0.29) is 17.9 Å². The second-order valence-electron chi connectivity index (χ2n) is 7.91. The number of amides is 2. The lowest BCUT2D eigenvalue weighted by atomic mass is 10.1. The van der Waals surface area contributed by atoms with Crippen LogP contribution < -0.4 is 10.1 Å². The van der Waals surface area contributed by atoms with Crippen molar-refractivity contribution >= 4 is 27.7 Å². The average Bonchev–Trinajstić information content (AvgIpc) is 2.75. The lowest BCUT2D eigenvalue weighted by Crippen LogP contribution is -2.49. The Morgan fingerprint density at radius 1 is 1.13 bits per heavy atom. The lowest BCUT2D eigenvalue weighted by molar-refractivity contribution is -0.141. The number of benzene rings is 2. The van der Waals surface area contributed by atoms with Crippen LogP contribution in [0.25, 0.3) is 0 Å². The molecule has 5 nitrogen and oxygen atoms in total. The normalized spacial score (nSPS) is 12.7. The first-order valence-corrected chi connectivity index (χ1v) is 11.6. The fraction of sp³-hybridized carbons (Fsp3) is 0.440. The molecular weight excluding hydrogens is 456 g/mol. The predicted molar refractivity (Wildman–Crippen MR) is 128 cm³/mol. The van der Waals surface area contributed by atoms with Crippen LogP contribution in [0.3, 0.4) is 0 Å². The largest absolute Gasteiger partial charge is 0.494 e. The van der Waals surface area contributed by atoms with Gasteiger partial charge in [-0.3, -0.25) is 9.59 Å². The van der Waals surface area contributed by atoms with Crippen LogP contribution in [-0.2, 0) is 16.1 Å². The lowest BCUT2D eigenvalue weighted by Gasteiger charge is -2.30. The van der Waals surface area contributed by atoms with Gasteiger partial charge in [-0.25, -0.2) is 0 Å². The summed E-state index contributed by atoms with van der Waals surface area (Å²) in [6, 6.07) is 15.2. The molecule has 0 radical (unpaired) electrons. The van der Waals surface area contributed by atoms with E-state index >= 15 is 0 Å². The summed E-state index contributed by atoms with van der Waals surface area (Å²) in [5.41, 5.74) is 2.15. The Morgan fingerprint density at radius 2 is 1.84 bits per heavy atom. The zero-order valence-corrected chi connectivity index (χ0v) is 20.4. The van der Waals surface area contributed by atoms with E-state index in [4.69, 9.17) is 4.74 Å². The molecule has 6 heteroatoms. The Morgan fingerprint density at radius 3 is 2.48 bits per heavy atom. The minimum Gasteiger partial charge on any atom is -0.494 e. The van der Waals surface area contributed by atoms with E-state index in [1.54, 1.807) is 11.8 Å². The Labute approximate surface area is 194 Å². The molecule has 0 bridgehead atoms. The third kappa shape index (κ3) is 8.37. The van der Waals surface area contributed by atoms with Gasteiger partial charge < -0.3 is 15.0 Å². The highest BCUT2D eigenvalue weighted by Crippen LogP contribution is 2.17. The van der Waals surface area contributed by atoms with Crippen molar-refractivity contribution in [1.29, 1.82) is 0 Å². The van der Waals surface area contributed by atoms with Gasteiger partial charge in [0.15, 0.2) is 0 Å². The number of hydrogen-bond donors (Lipinski definition) is 1. The van der Waals surface area contributed by atoms with Gasteiger partial charge in [0.1, 0.15) is 11.8 Å². The van der Waals surface area contributed by atoms with E-state index in [0.717, 1.165) is 22.2 Å². The number of ether oxygens (including phenoxy) is 1. The Kier molecular flexibility index (Phi) is 10.0. The average molecular weight is 489 g/mol. The van der Waals surface area contributed by atoms with Gasteiger partial charge in [0.2, 0.25) is 11.8 Å². The molecule has 0 saturated carbocycles. The first-order valence-electron chi connectivity index (χ1n) is 10.8. The molecule has 2 aromatic rings. The zero-order chi connectivity index (χ0) is 22.8. The van der Waals surface area contributed by atoms with Crippen molar-refractivity contribution in [3.8, 4) is 5.75 Å². The van der Waals surface area contributed by atoms with Crippen molar-refractivity contribution in [2.24, 2.45) is 0 Å². The smallest absolute Gasteiger partial charge is 0.242 e. The fourth-order valence-electron chi connectivity index (χ4n) is 3.07. The molecular formula is C25H33BrN2O3. The topological polar surface area (TPSA) is 58.6 Å². The van der Waals surface area contributed by atoms with Gasteiger partial charge in [-0.15, -0.1) is 0 Å². The van der Waals surface area contributed by atoms with Crippen molar-refractivity contribution in [2.45, 2.75) is 65.6 Å². The van der Waals surface area contributed by atoms with Crippen LogP contribution in [-0.4, -0.2) is 35.4 Å². The number of hydrogen-bond acceptors (Lipinski definition) is 3. The van der Waals surface area contributed by atoms with Gasteiger partial charge in [0, 0.05) is 23.5 Å². The predicted octanol–water partition coefficient (Wildman–Crippen LogP) is 5.25. The van der Waals surface area contributed by atoms with Crippen LogP contribution in [0.2, 0.25) is 0 Å². The number of aryl methyl sites for hydroxylation is 1. The molecule has 2 aromatic carbocycles. The van der Waals surface area contributed by atoms with Crippen LogP contribution >= 0.6 is 15.9 Å². The second kappa shape index (κ2) is 12.5. The first kappa shape index (κ1) is 24.9. The highest BCUT2D eigenvalue weighted by molar-refractivity contribution is 9.10. The Balaban J connectivity index is 2.00. The third-order valence-electron chi connectivity index (χ3n) is 5.23. The summed E-state index contributed by atoms with van der Waals surface area (Å²) in [6.07, 6.45) is 1.75. The Bertz CT molecular complexity index is 854. The molecule has 0 aliphatic heterocycles. The van der Waals surface area contributed by atoms with Crippen LogP contribution in [0.5, 0.6) is 5.75 Å². The minimum absolute atomic E-state index is 0.0562. The number of carbonyl (C=O) groups excluding carboxylic acids is 2. The molecule has 0 heterocycles. The number of halogens is 1. The standard InChI is InChI=1S/C25H33BrN2O3/c1-5-19(3)27-25(30)20(4)28(17-21-8-6-9-22(26)16-21)24(29)10-7-15-31-23-13-11-18(2)12-14-23/h6,8-9,11-14,16,19-20H,5,7,10,15,17H2,1-4H3,(H,27,30)/t19-,20+/m1/s1. The molecule has 0 saturated heterocycles. The summed E-state index contributed by atoms with van der Waals surface area (Å²) in [7, 11) is 0. The molecule has 2 atom stereocenters. The van der Waals surface area contributed by atoms with Gasteiger partial charge in [-0.2, -0.15) is 0 Å². The van der Waals surface area contributed by atoms with Gasteiger partial charge in [0.25, 0.3) is 0 Å². The van der Waals surface area contributed by atoms with E-state index in [2.05, 4.69) is 21.2 Å². The van der Waals surface area contributed by atoms with Crippen molar-refractivity contribution in [3.63, 3.8) is 0 Å². The maximum atomic E-state index is 13.1. The monoisotopic (exact) mass is 488 g/mol. The third-order valence-corrected chi connectivity index (χ3v) is 5.73. The molecule has 0 aromatic heterocycles. The van der Waals surface area contributed by atoms with E-state index < -0.39 is 6.04 Å². The molecule has 0 aliphatic rings. The highest BCUT2D eigenvalue weighted by atomic mass is 79.9. The first-order chi connectivity index (χ1) is 14.8. The van der Waals surface area contributed by atoms with Crippen molar-refractivity contribution in [1.82, 2.24) is 10.2 Å². The van der Waals surface area contributed by atoms with Gasteiger partial charge in [0.05, 0.1) is 6.61 Å². The van der Waals surface area contributed by atoms with E-state index in [1.165, 1.54) is 5.56 Å². The molecule has 1 N–H and O–H groups in total. The summed E-state index contributed by atoms with van der Waals surface area (Å²) in [4.78, 5) is 27.4. The number of rotatable bonds is 11. The van der Waals surface area contributed by atoms with Crippen LogP contribution in [0, 0.1) is 6.92 Å². The summed E-state index contributed by atoms with van der Waals surface area (Å²) < 4.78 is 6.69. The second-order valence-corrected chi connectivity index (χ2v) is 8.83. The molecule has 2 amide bonds. The van der Waals surface area contributed by atoms with Gasteiger partial charge in [-0.1, -0.05) is 52.7 Å². The zero-order valence-electron chi connectivity index (χ0n) is 18.9. The summed E-state index contributed by atoms with van der Waals surface area (Å²) in [5, 5.41) is 2.99. The molecule has 168 valence electrons. The maximum absolute atomic E-state index is 13.1. The van der Waals surface area contributed by atoms with E-state index in [9.17, 15) is 9.59 Å². The van der Waals surface area contributed by atoms with E-state index in [0.29, 0.717) is 26.0 Å². The highest BCUT2D eigenvalue weighted by Gasteiger charge is 2.26. The molecule has 31 heavy (non-hydrogen) atoms. The molecule has 0 fully saturated rings. The van der Waals surface area contributed by atoms with Gasteiger partial charge >= 0.3 is 0 Å². The summed E-state index contributed by atoms with van der Waals surface area (Å²) >= 11 is 3.48. The quantitative estimate of drug-likeness (QED) is 0.439. The van der Waals surface area contributed by atoms with Crippen molar-refractivity contribution < 1.29 is 14.3 Å². The molecule has 0 aliphatic carbocycles. The van der Waals surface area contributed by atoms with E-state index in [1.807, 2.05) is 69.3 Å². The minimum atomic E-state index is -0.557. The van der Waals surface area contributed by atoms with Crippen molar-refractivity contribution in [3.05, 3.63) is 64.1 Å². The SMILES string of the molecule is CC[C@@H](C)NC(=O)[C@H](C)N(Cc1cccc(Br)c1)C(=O)CCCOc1ccc(C)cc1. The summed E-state index contributed by atoms with van der Waals surface area (Å²) in [6.45, 7) is 8.64. The molecule has 2 rings (SSSR count). The van der Waals surface area contributed by atoms with Gasteiger partial charge in [-0.05, 0) is 63.4 Å². The molecule has 0 unspecified atom stereocenters. The number of carbonyl (C=O) groups is 2. The van der Waals surface area contributed by atoms with Crippen LogP contribution in [0.4, 0.5) is 0 Å². The molecule has 0 spiro atoms. The van der Waals surface area contributed by atoms with Crippen LogP contribution in [0.15, 0.2) is 53.0 Å².